The van der Waals surface area contributed by atoms with Crippen LogP contribution in [0.15, 0.2) is 66.9 Å². The van der Waals surface area contributed by atoms with Gasteiger partial charge >= 0.3 is 0 Å². The first kappa shape index (κ1) is 43.9. The van der Waals surface area contributed by atoms with Crippen molar-refractivity contribution >= 4 is 79.5 Å². The number of fused-ring (bicyclic) bond motifs is 1. The summed E-state index contributed by atoms with van der Waals surface area (Å²) < 4.78 is 37.8. The Balaban J connectivity index is 0.790. The van der Waals surface area contributed by atoms with E-state index in [1.54, 1.807) is 43.5 Å². The number of carbonyl (C=O) groups excluding carboxylic acids is 3. The molecule has 3 aromatic carbocycles. The van der Waals surface area contributed by atoms with Crippen molar-refractivity contribution in [3.05, 3.63) is 83.0 Å². The Hall–Kier alpha value is -5.73. The summed E-state index contributed by atoms with van der Waals surface area (Å²) in [6.45, 7) is 6.39. The molecule has 20 heteroatoms. The van der Waals surface area contributed by atoms with E-state index >= 15 is 0 Å². The number of methoxy groups -OCH3 is 1. The van der Waals surface area contributed by atoms with Crippen molar-refractivity contribution in [2.24, 2.45) is 0 Å². The Kier molecular flexibility index (Phi) is 12.9. The molecule has 8 rings (SSSR count). The molecule has 0 aliphatic carbocycles. The highest BCUT2D eigenvalue weighted by atomic mass is 35.5. The smallest absolute Gasteiger partial charge is 0.262 e. The van der Waals surface area contributed by atoms with E-state index in [9.17, 15) is 27.9 Å². The molecule has 18 nitrogen and oxygen atoms in total. The monoisotopic (exact) mass is 902 g/mol. The van der Waals surface area contributed by atoms with E-state index in [-0.39, 0.29) is 29.9 Å². The van der Waals surface area contributed by atoms with Crippen molar-refractivity contribution in [2.75, 3.05) is 97.6 Å². The molecule has 0 radical (unpaired) electrons. The number of nitrogens with one attached hydrogen (secondary N) is 3. The largest absolute Gasteiger partial charge is 0.494 e. The first-order chi connectivity index (χ1) is 30.3. The van der Waals surface area contributed by atoms with Crippen molar-refractivity contribution in [1.29, 1.82) is 0 Å². The van der Waals surface area contributed by atoms with Crippen LogP contribution in [0.4, 0.5) is 40.2 Å². The van der Waals surface area contributed by atoms with Gasteiger partial charge in [0.15, 0.2) is 5.82 Å². The molecule has 2 unspecified atom stereocenters. The molecule has 3 fully saturated rings. The number of benzene rings is 3. The fourth-order valence-electron chi connectivity index (χ4n) is 8.39. The van der Waals surface area contributed by atoms with Gasteiger partial charge in [0.1, 0.15) is 23.0 Å². The fraction of sp³-hybridized carbons (Fsp3) is 0.419. The van der Waals surface area contributed by atoms with Crippen LogP contribution in [0, 0.1) is 0 Å². The fourth-order valence-corrected chi connectivity index (χ4v) is 9.04. The second-order valence-electron chi connectivity index (χ2n) is 16.0. The van der Waals surface area contributed by atoms with E-state index in [4.69, 9.17) is 21.1 Å². The van der Waals surface area contributed by atoms with Crippen molar-refractivity contribution in [3.8, 4) is 5.75 Å². The molecule has 63 heavy (non-hydrogen) atoms. The van der Waals surface area contributed by atoms with Crippen molar-refractivity contribution in [1.82, 2.24) is 25.1 Å². The van der Waals surface area contributed by atoms with Gasteiger partial charge in [-0.05, 0) is 68.1 Å². The molecule has 4 aromatic rings. The van der Waals surface area contributed by atoms with E-state index < -0.39 is 40.0 Å². The number of imide groups is 1. The number of para-hydroxylation sites is 2. The van der Waals surface area contributed by atoms with Crippen LogP contribution < -0.4 is 34.8 Å². The number of anilines is 7. The van der Waals surface area contributed by atoms with Gasteiger partial charge in [-0.15, -0.1) is 0 Å². The minimum atomic E-state index is -3.51. The summed E-state index contributed by atoms with van der Waals surface area (Å²) in [5, 5.41) is 18.8. The lowest BCUT2D eigenvalue weighted by Gasteiger charge is -2.37. The maximum atomic E-state index is 13.3. The first-order valence-electron chi connectivity index (χ1n) is 20.9. The summed E-state index contributed by atoms with van der Waals surface area (Å²) in [5.74, 6) is -0.300. The van der Waals surface area contributed by atoms with Gasteiger partial charge in [0.2, 0.25) is 21.9 Å². The summed E-state index contributed by atoms with van der Waals surface area (Å²) in [7, 11) is -0.424. The third kappa shape index (κ3) is 9.62. The third-order valence-corrected chi connectivity index (χ3v) is 13.5. The van der Waals surface area contributed by atoms with Gasteiger partial charge in [-0.3, -0.25) is 28.5 Å². The molecule has 0 saturated carbocycles. The Bertz CT molecular complexity index is 2480. The third-order valence-electron chi connectivity index (χ3n) is 12.0. The Morgan fingerprint density at radius 2 is 1.57 bits per heavy atom. The number of ether oxygens (including phenoxy) is 2. The zero-order valence-corrected chi connectivity index (χ0v) is 36.9. The molecule has 334 valence electrons. The number of hydrogen-bond acceptors (Lipinski definition) is 15. The Labute approximate surface area is 371 Å². The van der Waals surface area contributed by atoms with Gasteiger partial charge in [0.25, 0.3) is 11.8 Å². The van der Waals surface area contributed by atoms with Crippen molar-refractivity contribution in [2.45, 2.75) is 44.1 Å². The van der Waals surface area contributed by atoms with Crippen molar-refractivity contribution < 1.29 is 37.4 Å². The standard InChI is InChI=1S/C43H51ClN10O8S/c1-50(63(3,59)60)35-7-5-4-6-33(35)46-39-32(44)26-45-43(49-39)47-34-11-9-28(25-37(34)61-2)53-20-18-51(19-21-53)22-23-62-29-14-16-52(17-15-29)27-8-10-30-31(24-27)42(58)54(41(30)57)36-12-13-38(55)48-40(36)56/h4-11,24-26,29,36,38,55H,12-23H2,1-3H3,(H,48,56)(H2,45,46,47,49). The predicted molar refractivity (Wildman–Crippen MR) is 240 cm³/mol. The first-order valence-corrected chi connectivity index (χ1v) is 23.1. The molecular formula is C43H51ClN10O8S. The number of hydrogen-bond donors (Lipinski definition) is 4. The van der Waals surface area contributed by atoms with Gasteiger partial charge in [-0.2, -0.15) is 4.98 Å². The van der Waals surface area contributed by atoms with E-state index in [0.29, 0.717) is 46.4 Å². The van der Waals surface area contributed by atoms with Crippen LogP contribution in [-0.2, 0) is 19.6 Å². The number of sulfonamides is 1. The molecule has 4 aliphatic rings. The number of aliphatic hydroxyl groups excluding tert-OH is 1. The number of amides is 3. The number of halogens is 1. The highest BCUT2D eigenvalue weighted by Gasteiger charge is 2.45. The van der Waals surface area contributed by atoms with E-state index in [1.807, 2.05) is 24.3 Å². The molecule has 4 N–H and O–H groups in total. The van der Waals surface area contributed by atoms with Crippen LogP contribution in [0.1, 0.15) is 46.4 Å². The lowest BCUT2D eigenvalue weighted by molar-refractivity contribution is -0.131. The molecule has 1 aromatic heterocycles. The van der Waals surface area contributed by atoms with Gasteiger partial charge in [-0.25, -0.2) is 13.4 Å². The highest BCUT2D eigenvalue weighted by Crippen LogP contribution is 2.36. The molecule has 4 aliphatic heterocycles. The second-order valence-corrected chi connectivity index (χ2v) is 18.4. The summed E-state index contributed by atoms with van der Waals surface area (Å²) in [6.07, 6.45) is 3.93. The van der Waals surface area contributed by atoms with Gasteiger partial charge in [-0.1, -0.05) is 23.7 Å². The molecule has 0 bridgehead atoms. The molecule has 3 saturated heterocycles. The minimum absolute atomic E-state index is 0.127. The molecule has 5 heterocycles. The number of aromatic nitrogens is 2. The lowest BCUT2D eigenvalue weighted by Crippen LogP contribution is -2.55. The van der Waals surface area contributed by atoms with Crippen LogP contribution in [0.25, 0.3) is 0 Å². The number of carbonyl (C=O) groups is 3. The number of nitrogens with zero attached hydrogens (tertiary/aromatic N) is 7. The molecule has 0 spiro atoms. The lowest BCUT2D eigenvalue weighted by atomic mass is 10.0. The zero-order chi connectivity index (χ0) is 44.4. The number of aliphatic hydroxyl groups is 1. The molecule has 2 atom stereocenters. The van der Waals surface area contributed by atoms with E-state index in [0.717, 1.165) is 81.2 Å². The Morgan fingerprint density at radius 1 is 0.873 bits per heavy atom. The van der Waals surface area contributed by atoms with Crippen LogP contribution in [0.2, 0.25) is 5.02 Å². The predicted octanol–water partition coefficient (Wildman–Crippen LogP) is 4.02. The average molecular weight is 903 g/mol. The average Bonchev–Trinajstić information content (AvgIpc) is 3.52. The maximum Gasteiger partial charge on any atom is 0.262 e. The molecular weight excluding hydrogens is 852 g/mol. The second kappa shape index (κ2) is 18.5. The zero-order valence-electron chi connectivity index (χ0n) is 35.3. The summed E-state index contributed by atoms with van der Waals surface area (Å²) in [5.41, 5.74) is 4.09. The maximum absolute atomic E-state index is 13.3. The van der Waals surface area contributed by atoms with Gasteiger partial charge in [0.05, 0.1) is 60.5 Å². The number of piperazine rings is 1. The van der Waals surface area contributed by atoms with Crippen LogP contribution >= 0.6 is 11.6 Å². The topological polar surface area (TPSA) is 202 Å². The van der Waals surface area contributed by atoms with Crippen LogP contribution in [0.5, 0.6) is 5.75 Å². The highest BCUT2D eigenvalue weighted by molar-refractivity contribution is 7.92. The quantitative estimate of drug-likeness (QED) is 0.132. The van der Waals surface area contributed by atoms with E-state index in [1.165, 1.54) is 17.5 Å². The van der Waals surface area contributed by atoms with Crippen molar-refractivity contribution in [3.63, 3.8) is 0 Å². The molecule has 3 amide bonds. The van der Waals surface area contributed by atoms with Gasteiger partial charge in [0, 0.05) is 70.3 Å². The van der Waals surface area contributed by atoms with Crippen LogP contribution in [-0.4, -0.2) is 142 Å². The Morgan fingerprint density at radius 3 is 2.30 bits per heavy atom. The minimum Gasteiger partial charge on any atom is -0.494 e. The summed E-state index contributed by atoms with van der Waals surface area (Å²) >= 11 is 6.46. The SMILES string of the molecule is COc1cc(N2CCN(CCOC3CCN(c4ccc5c(c4)C(=O)N(C4CCC(O)NC4=O)C5=O)CC3)CC2)ccc1Nc1ncc(Cl)c(Nc2ccccc2N(C)S(C)(=O)=O)n1. The normalized spacial score (nSPS) is 19.8. The van der Waals surface area contributed by atoms with Gasteiger partial charge < -0.3 is 40.3 Å². The summed E-state index contributed by atoms with van der Waals surface area (Å²) in [6, 6.07) is 17.3. The summed E-state index contributed by atoms with van der Waals surface area (Å²) in [4.78, 5) is 55.9. The number of rotatable bonds is 14. The van der Waals surface area contributed by atoms with Crippen LogP contribution in [0.3, 0.4) is 0 Å². The van der Waals surface area contributed by atoms with E-state index in [2.05, 4.69) is 40.6 Å². The number of piperidine rings is 2.